The van der Waals surface area contributed by atoms with E-state index in [9.17, 15) is 0 Å². The molecule has 2 heteroatoms. The minimum atomic E-state index is 0.527. The number of hydrogen-bond donors (Lipinski definition) is 0. The molecular formula is C42H34N2. The molecule has 3 heterocycles. The van der Waals surface area contributed by atoms with E-state index < -0.39 is 0 Å². The molecule has 0 amide bonds. The fourth-order valence-electron chi connectivity index (χ4n) is 8.70. The topological polar surface area (TPSA) is 9.34 Å². The zero-order chi connectivity index (χ0) is 28.8. The molecule has 2 nitrogen and oxygen atoms in total. The molecule has 4 aliphatic rings. The van der Waals surface area contributed by atoms with E-state index in [2.05, 4.69) is 130 Å². The van der Waals surface area contributed by atoms with Gasteiger partial charge >= 0.3 is 0 Å². The highest BCUT2D eigenvalue weighted by Gasteiger charge is 2.26. The van der Waals surface area contributed by atoms with Gasteiger partial charge in [0.25, 0.3) is 0 Å². The van der Waals surface area contributed by atoms with Gasteiger partial charge in [0, 0.05) is 49.8 Å². The molecular weight excluding hydrogens is 532 g/mol. The number of para-hydroxylation sites is 1. The third kappa shape index (κ3) is 3.37. The molecule has 0 bridgehead atoms. The molecule has 0 saturated heterocycles. The Morgan fingerprint density at radius 3 is 2.34 bits per heavy atom. The third-order valence-electron chi connectivity index (χ3n) is 10.7. The summed E-state index contributed by atoms with van der Waals surface area (Å²) in [5.41, 5.74) is 13.7. The Hall–Kier alpha value is -4.82. The van der Waals surface area contributed by atoms with Crippen LogP contribution in [0.5, 0.6) is 0 Å². The Balaban J connectivity index is 1.22. The lowest BCUT2D eigenvalue weighted by atomic mass is 9.82. The highest BCUT2D eigenvalue weighted by molar-refractivity contribution is 6.22. The maximum absolute atomic E-state index is 2.60. The van der Waals surface area contributed by atoms with Gasteiger partial charge in [-0.3, -0.25) is 0 Å². The molecule has 3 aromatic carbocycles. The van der Waals surface area contributed by atoms with E-state index in [1.165, 1.54) is 77.4 Å². The van der Waals surface area contributed by atoms with Gasteiger partial charge in [0.1, 0.15) is 0 Å². The molecule has 6 aromatic rings. The molecule has 2 unspecified atom stereocenters. The van der Waals surface area contributed by atoms with E-state index in [1.807, 2.05) is 0 Å². The number of allylic oxidation sites excluding steroid dienone is 10. The van der Waals surface area contributed by atoms with Crippen molar-refractivity contribution < 1.29 is 0 Å². The van der Waals surface area contributed by atoms with Crippen molar-refractivity contribution in [2.45, 2.75) is 38.5 Å². The van der Waals surface area contributed by atoms with Crippen molar-refractivity contribution in [3.05, 3.63) is 132 Å². The number of rotatable bonds is 3. The van der Waals surface area contributed by atoms with Crippen LogP contribution in [0, 0.1) is 11.8 Å². The van der Waals surface area contributed by atoms with E-state index in [0.29, 0.717) is 11.8 Å². The maximum Gasteiger partial charge on any atom is 0.0623 e. The number of aryl methyl sites for hydroxylation is 1. The molecule has 2 atom stereocenters. The van der Waals surface area contributed by atoms with Gasteiger partial charge in [-0.25, -0.2) is 0 Å². The summed E-state index contributed by atoms with van der Waals surface area (Å²) < 4.78 is 5.17. The van der Waals surface area contributed by atoms with Crippen molar-refractivity contribution in [2.75, 3.05) is 0 Å². The summed E-state index contributed by atoms with van der Waals surface area (Å²) >= 11 is 0. The molecule has 0 fully saturated rings. The standard InChI is InChI=1S/C42H34N2/c1-2-11-27(12-3-1)28-13-10-14-30(25-28)43-37-18-7-4-15-32(37)34-22-21-29(26-40(34)43)31-23-24-35-33-16-5-8-19-38(33)44-39-20-9-6-17-36(39)41(31)42(35)44/h1-6,9-11,14-17,20-28H,7-8,12-13,18-19H2. The Morgan fingerprint density at radius 1 is 0.636 bits per heavy atom. The van der Waals surface area contributed by atoms with Crippen LogP contribution in [0.3, 0.4) is 0 Å². The van der Waals surface area contributed by atoms with Crippen LogP contribution in [-0.4, -0.2) is 8.97 Å². The van der Waals surface area contributed by atoms with E-state index in [1.54, 1.807) is 0 Å². The second-order valence-electron chi connectivity index (χ2n) is 13.0. The van der Waals surface area contributed by atoms with Crippen molar-refractivity contribution >= 4 is 55.9 Å². The fourth-order valence-corrected chi connectivity index (χ4v) is 8.70. The number of benzene rings is 3. The van der Waals surface area contributed by atoms with E-state index in [-0.39, 0.29) is 0 Å². The van der Waals surface area contributed by atoms with Gasteiger partial charge in [0.2, 0.25) is 0 Å². The van der Waals surface area contributed by atoms with Crippen molar-refractivity contribution in [2.24, 2.45) is 11.8 Å². The van der Waals surface area contributed by atoms with E-state index >= 15 is 0 Å². The Labute approximate surface area is 257 Å². The minimum absolute atomic E-state index is 0.527. The molecule has 0 N–H and O–H groups in total. The molecule has 3 aromatic heterocycles. The van der Waals surface area contributed by atoms with Gasteiger partial charge in [-0.15, -0.1) is 0 Å². The predicted molar refractivity (Wildman–Crippen MR) is 187 cm³/mol. The lowest BCUT2D eigenvalue weighted by Gasteiger charge is -2.26. The largest absolute Gasteiger partial charge is 0.313 e. The predicted octanol–water partition coefficient (Wildman–Crippen LogP) is 10.8. The van der Waals surface area contributed by atoms with Crippen LogP contribution >= 0.6 is 0 Å². The summed E-state index contributed by atoms with van der Waals surface area (Å²) in [6, 6.07) is 21.0. The van der Waals surface area contributed by atoms with Crippen LogP contribution < -0.4 is 0 Å². The van der Waals surface area contributed by atoms with Gasteiger partial charge < -0.3 is 8.97 Å². The van der Waals surface area contributed by atoms with Gasteiger partial charge in [-0.1, -0.05) is 103 Å². The molecule has 0 spiro atoms. The third-order valence-corrected chi connectivity index (χ3v) is 10.7. The zero-order valence-corrected chi connectivity index (χ0v) is 24.8. The second kappa shape index (κ2) is 9.34. The van der Waals surface area contributed by atoms with Gasteiger partial charge in [-0.2, -0.15) is 0 Å². The van der Waals surface area contributed by atoms with Crippen LogP contribution in [0.15, 0.2) is 109 Å². The molecule has 212 valence electrons. The van der Waals surface area contributed by atoms with Crippen molar-refractivity contribution in [1.29, 1.82) is 0 Å². The normalized spacial score (nSPS) is 20.8. The summed E-state index contributed by atoms with van der Waals surface area (Å²) in [7, 11) is 0. The molecule has 10 rings (SSSR count). The Bertz CT molecular complexity index is 2340. The molecule has 4 aliphatic carbocycles. The first-order valence-corrected chi connectivity index (χ1v) is 16.4. The summed E-state index contributed by atoms with van der Waals surface area (Å²) in [6.07, 6.45) is 32.5. The van der Waals surface area contributed by atoms with E-state index in [4.69, 9.17) is 0 Å². The fraction of sp³-hybridized carbons (Fsp3) is 0.190. The molecule has 0 aliphatic heterocycles. The summed E-state index contributed by atoms with van der Waals surface area (Å²) in [4.78, 5) is 0. The second-order valence-corrected chi connectivity index (χ2v) is 13.0. The van der Waals surface area contributed by atoms with E-state index in [0.717, 1.165) is 38.5 Å². The van der Waals surface area contributed by atoms with Crippen LogP contribution in [0.1, 0.15) is 48.2 Å². The lowest BCUT2D eigenvalue weighted by molar-refractivity contribution is 0.477. The van der Waals surface area contributed by atoms with Crippen LogP contribution in [0.2, 0.25) is 0 Å². The van der Waals surface area contributed by atoms with Crippen LogP contribution in [-0.2, 0) is 12.8 Å². The monoisotopic (exact) mass is 566 g/mol. The van der Waals surface area contributed by atoms with Crippen molar-refractivity contribution in [3.63, 3.8) is 0 Å². The maximum atomic E-state index is 2.60. The Morgan fingerprint density at radius 2 is 1.45 bits per heavy atom. The molecule has 0 radical (unpaired) electrons. The quantitative estimate of drug-likeness (QED) is 0.202. The Kier molecular flexibility index (Phi) is 5.22. The first kappa shape index (κ1) is 24.6. The van der Waals surface area contributed by atoms with Crippen LogP contribution in [0.25, 0.3) is 67.1 Å². The molecule has 0 saturated carbocycles. The SMILES string of the molecule is C1=CCC(C2C=C(n3c4c(c5ccc(-c6ccc7c8c(n9c%10ccccc%10c6c79)CCC=C8)cc53)C=CCC4)C=CC2)C=C1. The smallest absolute Gasteiger partial charge is 0.0623 e. The minimum Gasteiger partial charge on any atom is -0.313 e. The lowest BCUT2D eigenvalue weighted by Crippen LogP contribution is -2.15. The number of aromatic nitrogens is 2. The van der Waals surface area contributed by atoms with Gasteiger partial charge in [-0.05, 0) is 79.7 Å². The van der Waals surface area contributed by atoms with Gasteiger partial charge in [0.05, 0.1) is 16.6 Å². The number of nitrogens with zero attached hydrogens (tertiary/aromatic N) is 2. The van der Waals surface area contributed by atoms with Gasteiger partial charge in [0.15, 0.2) is 0 Å². The number of fused-ring (bicyclic) bond motifs is 9. The summed E-state index contributed by atoms with van der Waals surface area (Å²) in [5, 5.41) is 5.48. The van der Waals surface area contributed by atoms with Crippen LogP contribution in [0.4, 0.5) is 0 Å². The first-order chi connectivity index (χ1) is 21.8. The summed E-state index contributed by atoms with van der Waals surface area (Å²) in [6.45, 7) is 0. The highest BCUT2D eigenvalue weighted by Crippen LogP contribution is 2.45. The number of hydrogen-bond acceptors (Lipinski definition) is 0. The average molecular weight is 567 g/mol. The summed E-state index contributed by atoms with van der Waals surface area (Å²) in [5.74, 6) is 1.10. The highest BCUT2D eigenvalue weighted by atomic mass is 15.0. The first-order valence-electron chi connectivity index (χ1n) is 16.4. The van der Waals surface area contributed by atoms with Crippen molar-refractivity contribution in [3.8, 4) is 11.1 Å². The average Bonchev–Trinajstić information content (AvgIpc) is 3.73. The molecule has 44 heavy (non-hydrogen) atoms. The zero-order valence-electron chi connectivity index (χ0n) is 24.8. The van der Waals surface area contributed by atoms with Crippen molar-refractivity contribution in [1.82, 2.24) is 8.97 Å².